The number of hydrogen-bond acceptors (Lipinski definition) is 5. The molecule has 3 atom stereocenters. The Bertz CT molecular complexity index is 1030. The van der Waals surface area contributed by atoms with E-state index in [2.05, 4.69) is 15.3 Å². The number of amides is 1. The van der Waals surface area contributed by atoms with Crippen molar-refractivity contribution in [3.8, 4) is 0 Å². The number of nitrogens with one attached hydrogen (secondary N) is 2. The van der Waals surface area contributed by atoms with Gasteiger partial charge in [-0.25, -0.2) is 9.78 Å². The van der Waals surface area contributed by atoms with Crippen LogP contribution in [0.1, 0.15) is 66.4 Å². The summed E-state index contributed by atoms with van der Waals surface area (Å²) in [6.07, 6.45) is 0.798. The van der Waals surface area contributed by atoms with Gasteiger partial charge in [-0.15, -0.1) is 11.3 Å². The lowest BCUT2D eigenvalue weighted by Gasteiger charge is -2.18. The first-order valence-electron chi connectivity index (χ1n) is 9.79. The molecule has 2 N–H and O–H groups in total. The Morgan fingerprint density at radius 1 is 1.24 bits per heavy atom. The van der Waals surface area contributed by atoms with Crippen LogP contribution in [0, 0.1) is 5.92 Å². The average Bonchev–Trinajstić information content (AvgIpc) is 3.10. The predicted octanol–water partition coefficient (Wildman–Crippen LogP) is 4.56. The molecule has 1 aliphatic carbocycles. The molecule has 1 unspecified atom stereocenters. The van der Waals surface area contributed by atoms with Crippen LogP contribution in [-0.2, 0) is 9.53 Å². The van der Waals surface area contributed by atoms with Crippen molar-refractivity contribution in [3.05, 3.63) is 52.0 Å². The molecule has 0 saturated heterocycles. The molecule has 6 nitrogen and oxygen atoms in total. The third-order valence-corrected chi connectivity index (χ3v) is 6.15. The van der Waals surface area contributed by atoms with Crippen molar-refractivity contribution in [1.29, 1.82) is 0 Å². The summed E-state index contributed by atoms with van der Waals surface area (Å²) in [4.78, 5) is 34.3. The predicted molar refractivity (Wildman–Crippen MR) is 113 cm³/mol. The van der Waals surface area contributed by atoms with E-state index in [1.54, 1.807) is 6.07 Å². The Morgan fingerprint density at radius 2 is 2.00 bits per heavy atom. The van der Waals surface area contributed by atoms with Gasteiger partial charge in [0.1, 0.15) is 16.3 Å². The number of H-pyrrole nitrogens is 1. The Kier molecular flexibility index (Phi) is 4.94. The standard InChI is InChI=1S/C22H25N3O3S/c1-12(17-9-10-18(29-17)21(27)28-22(2,3)4)23-20(26)14-11-13(14)19-24-15-7-5-6-8-16(15)25-19/h5-10,12-14H,11H2,1-4H3,(H,23,26)(H,24,25)/t12-,13-,14?/m1/s1. The van der Waals surface area contributed by atoms with E-state index in [9.17, 15) is 9.59 Å². The molecule has 3 aromatic rings. The summed E-state index contributed by atoms with van der Waals surface area (Å²) in [6.45, 7) is 7.46. The number of imidazole rings is 1. The fraction of sp³-hybridized carbons (Fsp3) is 0.409. The van der Waals surface area contributed by atoms with Gasteiger partial charge in [0.2, 0.25) is 5.91 Å². The number of ether oxygens (including phenoxy) is 1. The number of rotatable bonds is 5. The summed E-state index contributed by atoms with van der Waals surface area (Å²) in [7, 11) is 0. The monoisotopic (exact) mass is 411 g/mol. The maximum Gasteiger partial charge on any atom is 0.348 e. The van der Waals surface area contributed by atoms with E-state index in [4.69, 9.17) is 4.74 Å². The molecule has 1 aromatic carbocycles. The Balaban J connectivity index is 1.36. The summed E-state index contributed by atoms with van der Waals surface area (Å²) in [6, 6.07) is 11.3. The minimum Gasteiger partial charge on any atom is -0.456 e. The van der Waals surface area contributed by atoms with Gasteiger partial charge in [0.25, 0.3) is 0 Å². The number of thiophene rings is 1. The quantitative estimate of drug-likeness (QED) is 0.603. The van der Waals surface area contributed by atoms with E-state index < -0.39 is 5.60 Å². The number of benzene rings is 1. The molecular formula is C22H25N3O3S. The van der Waals surface area contributed by atoms with Crippen LogP contribution in [0.25, 0.3) is 11.0 Å². The van der Waals surface area contributed by atoms with Gasteiger partial charge in [-0.05, 0) is 58.4 Å². The Morgan fingerprint density at radius 3 is 2.72 bits per heavy atom. The first-order chi connectivity index (χ1) is 13.7. The van der Waals surface area contributed by atoms with Crippen molar-refractivity contribution < 1.29 is 14.3 Å². The third kappa shape index (κ3) is 4.34. The fourth-order valence-corrected chi connectivity index (χ4v) is 4.24. The van der Waals surface area contributed by atoms with Gasteiger partial charge in [0.15, 0.2) is 0 Å². The second-order valence-corrected chi connectivity index (χ2v) is 9.64. The first kappa shape index (κ1) is 19.6. The van der Waals surface area contributed by atoms with Gasteiger partial charge in [-0.3, -0.25) is 4.79 Å². The number of para-hydroxylation sites is 2. The zero-order chi connectivity index (χ0) is 20.8. The normalized spacial score (nSPS) is 19.7. The molecule has 0 radical (unpaired) electrons. The maximum atomic E-state index is 12.7. The number of aromatic nitrogens is 2. The largest absolute Gasteiger partial charge is 0.456 e. The molecule has 1 fully saturated rings. The first-order valence-corrected chi connectivity index (χ1v) is 10.6. The van der Waals surface area contributed by atoms with E-state index in [0.717, 1.165) is 28.2 Å². The fourth-order valence-electron chi connectivity index (χ4n) is 3.35. The Labute approximate surface area is 173 Å². The minimum atomic E-state index is -0.529. The summed E-state index contributed by atoms with van der Waals surface area (Å²) in [5, 5.41) is 3.07. The second-order valence-electron chi connectivity index (χ2n) is 8.52. The zero-order valence-electron chi connectivity index (χ0n) is 17.0. The number of nitrogens with zero attached hydrogens (tertiary/aromatic N) is 1. The van der Waals surface area contributed by atoms with E-state index >= 15 is 0 Å². The number of carbonyl (C=O) groups excluding carboxylic acids is 2. The van der Waals surface area contributed by atoms with Gasteiger partial charge >= 0.3 is 5.97 Å². The molecule has 0 aliphatic heterocycles. The van der Waals surface area contributed by atoms with Crippen molar-refractivity contribution >= 4 is 34.2 Å². The molecule has 2 aromatic heterocycles. The molecule has 152 valence electrons. The molecule has 1 aliphatic rings. The van der Waals surface area contributed by atoms with Gasteiger partial charge in [-0.2, -0.15) is 0 Å². The summed E-state index contributed by atoms with van der Waals surface area (Å²) in [5.41, 5.74) is 1.39. The molecule has 29 heavy (non-hydrogen) atoms. The lowest BCUT2D eigenvalue weighted by Crippen LogP contribution is -2.28. The number of hydrogen-bond donors (Lipinski definition) is 2. The number of aromatic amines is 1. The van der Waals surface area contributed by atoms with Gasteiger partial charge in [-0.1, -0.05) is 12.1 Å². The third-order valence-electron chi connectivity index (χ3n) is 4.90. The minimum absolute atomic E-state index is 0.0233. The SMILES string of the molecule is C[C@@H](NC(=O)C1C[C@H]1c1nc2ccccc2[nH]1)c1ccc(C(=O)OC(C)(C)C)s1. The van der Waals surface area contributed by atoms with E-state index in [1.165, 1.54) is 11.3 Å². The zero-order valence-corrected chi connectivity index (χ0v) is 17.8. The molecule has 0 spiro atoms. The highest BCUT2D eigenvalue weighted by Gasteiger charge is 2.46. The van der Waals surface area contributed by atoms with Crippen LogP contribution in [0.5, 0.6) is 0 Å². The van der Waals surface area contributed by atoms with Gasteiger partial charge in [0, 0.05) is 16.7 Å². The Hall–Kier alpha value is -2.67. The van der Waals surface area contributed by atoms with Crippen molar-refractivity contribution in [1.82, 2.24) is 15.3 Å². The topological polar surface area (TPSA) is 84.1 Å². The summed E-state index contributed by atoms with van der Waals surface area (Å²) in [5.74, 6) is 0.635. The molecular weight excluding hydrogens is 386 g/mol. The molecule has 7 heteroatoms. The highest BCUT2D eigenvalue weighted by atomic mass is 32.1. The summed E-state index contributed by atoms with van der Waals surface area (Å²) < 4.78 is 5.41. The van der Waals surface area contributed by atoms with E-state index in [1.807, 2.05) is 58.0 Å². The number of carbonyl (C=O) groups is 2. The van der Waals surface area contributed by atoms with Gasteiger partial charge in [0.05, 0.1) is 17.1 Å². The van der Waals surface area contributed by atoms with Gasteiger partial charge < -0.3 is 15.0 Å². The van der Waals surface area contributed by atoms with Crippen LogP contribution in [0.2, 0.25) is 0 Å². The van der Waals surface area contributed by atoms with Crippen molar-refractivity contribution in [2.75, 3.05) is 0 Å². The van der Waals surface area contributed by atoms with E-state index in [-0.39, 0.29) is 29.8 Å². The van der Waals surface area contributed by atoms with Crippen LogP contribution >= 0.6 is 11.3 Å². The molecule has 2 heterocycles. The molecule has 4 rings (SSSR count). The lowest BCUT2D eigenvalue weighted by atomic mass is 10.2. The molecule has 1 saturated carbocycles. The lowest BCUT2D eigenvalue weighted by molar-refractivity contribution is -0.123. The average molecular weight is 412 g/mol. The van der Waals surface area contributed by atoms with Crippen molar-refractivity contribution in [2.24, 2.45) is 5.92 Å². The number of fused-ring (bicyclic) bond motifs is 1. The molecule has 1 amide bonds. The van der Waals surface area contributed by atoms with Crippen molar-refractivity contribution in [2.45, 2.75) is 51.7 Å². The van der Waals surface area contributed by atoms with Crippen LogP contribution in [0.3, 0.4) is 0 Å². The van der Waals surface area contributed by atoms with Crippen LogP contribution in [0.15, 0.2) is 36.4 Å². The second kappa shape index (κ2) is 7.30. The van der Waals surface area contributed by atoms with Crippen molar-refractivity contribution in [3.63, 3.8) is 0 Å². The van der Waals surface area contributed by atoms with Crippen LogP contribution in [0.4, 0.5) is 0 Å². The van der Waals surface area contributed by atoms with Crippen LogP contribution < -0.4 is 5.32 Å². The molecule has 0 bridgehead atoms. The smallest absolute Gasteiger partial charge is 0.348 e. The highest BCUT2D eigenvalue weighted by molar-refractivity contribution is 7.14. The van der Waals surface area contributed by atoms with E-state index in [0.29, 0.717) is 4.88 Å². The number of esters is 1. The maximum absolute atomic E-state index is 12.7. The van der Waals surface area contributed by atoms with Crippen LogP contribution in [-0.4, -0.2) is 27.4 Å². The summed E-state index contributed by atoms with van der Waals surface area (Å²) >= 11 is 1.36. The highest BCUT2D eigenvalue weighted by Crippen LogP contribution is 2.47.